The predicted molar refractivity (Wildman–Crippen MR) is 99.1 cm³/mol. The second-order valence-electron chi connectivity index (χ2n) is 6.99. The van der Waals surface area contributed by atoms with Crippen molar-refractivity contribution in [3.05, 3.63) is 53.9 Å². The van der Waals surface area contributed by atoms with Gasteiger partial charge in [0, 0.05) is 25.5 Å². The summed E-state index contributed by atoms with van der Waals surface area (Å²) >= 11 is 0. The minimum absolute atomic E-state index is 0.186. The van der Waals surface area contributed by atoms with Gasteiger partial charge in [0.15, 0.2) is 0 Å². The molecular formula is C20H25N3O3. The highest BCUT2D eigenvalue weighted by Crippen LogP contribution is 2.35. The Morgan fingerprint density at radius 3 is 2.54 bits per heavy atom. The van der Waals surface area contributed by atoms with Gasteiger partial charge >= 0.3 is 5.97 Å². The van der Waals surface area contributed by atoms with Gasteiger partial charge in [-0.05, 0) is 30.4 Å². The summed E-state index contributed by atoms with van der Waals surface area (Å²) in [5.74, 6) is -0.461. The number of aliphatic hydroxyl groups is 1. The molecule has 3 rings (SSSR count). The van der Waals surface area contributed by atoms with Crippen LogP contribution in [0, 0.1) is 5.41 Å². The molecule has 2 heterocycles. The molecule has 1 aromatic carbocycles. The summed E-state index contributed by atoms with van der Waals surface area (Å²) < 4.78 is 0. The van der Waals surface area contributed by atoms with Crippen molar-refractivity contribution in [2.45, 2.75) is 38.7 Å². The van der Waals surface area contributed by atoms with Crippen LogP contribution in [-0.4, -0.2) is 45.3 Å². The summed E-state index contributed by atoms with van der Waals surface area (Å²) in [6, 6.07) is 9.45. The van der Waals surface area contributed by atoms with E-state index in [1.165, 1.54) is 0 Å². The summed E-state index contributed by atoms with van der Waals surface area (Å²) in [4.78, 5) is 22.9. The second-order valence-corrected chi connectivity index (χ2v) is 6.99. The molecule has 1 saturated heterocycles. The third-order valence-electron chi connectivity index (χ3n) is 5.08. The Balaban J connectivity index is 1.85. The number of aliphatic carboxylic acids is 1. The molecule has 0 spiro atoms. The number of nitrogens with zero attached hydrogens (tertiary/aromatic N) is 3. The first-order chi connectivity index (χ1) is 12.5. The molecule has 0 unspecified atom stereocenters. The zero-order chi connectivity index (χ0) is 18.6. The van der Waals surface area contributed by atoms with E-state index in [9.17, 15) is 15.0 Å². The fraction of sp³-hybridized carbons (Fsp3) is 0.450. The number of aliphatic hydroxyl groups excluding tert-OH is 1. The molecule has 1 aliphatic heterocycles. The van der Waals surface area contributed by atoms with Crippen molar-refractivity contribution < 1.29 is 15.0 Å². The number of anilines is 1. The van der Waals surface area contributed by atoms with Crippen molar-refractivity contribution in [1.29, 1.82) is 0 Å². The smallest absolute Gasteiger partial charge is 0.314 e. The van der Waals surface area contributed by atoms with E-state index in [2.05, 4.69) is 16.9 Å². The number of carbonyl (C=O) groups is 1. The molecule has 138 valence electrons. The van der Waals surface area contributed by atoms with E-state index in [0.29, 0.717) is 18.9 Å². The van der Waals surface area contributed by atoms with E-state index in [4.69, 9.17) is 0 Å². The molecule has 2 aromatic rings. The number of carboxylic acids is 1. The monoisotopic (exact) mass is 355 g/mol. The van der Waals surface area contributed by atoms with Crippen LogP contribution < -0.4 is 4.90 Å². The molecule has 6 nitrogen and oxygen atoms in total. The Kier molecular flexibility index (Phi) is 5.52. The van der Waals surface area contributed by atoms with Crippen LogP contribution in [-0.2, 0) is 17.6 Å². The highest BCUT2D eigenvalue weighted by Gasteiger charge is 2.49. The van der Waals surface area contributed by atoms with E-state index in [-0.39, 0.29) is 13.0 Å². The van der Waals surface area contributed by atoms with Crippen molar-refractivity contribution in [1.82, 2.24) is 9.97 Å². The molecule has 1 fully saturated rings. The van der Waals surface area contributed by atoms with Crippen LogP contribution in [0.25, 0.3) is 0 Å². The van der Waals surface area contributed by atoms with Gasteiger partial charge in [0.1, 0.15) is 5.41 Å². The van der Waals surface area contributed by atoms with E-state index in [1.54, 1.807) is 12.4 Å². The Hall–Kier alpha value is -2.47. The summed E-state index contributed by atoms with van der Waals surface area (Å²) in [6.07, 6.45) is 5.29. The molecule has 26 heavy (non-hydrogen) atoms. The molecule has 1 aromatic heterocycles. The Morgan fingerprint density at radius 1 is 1.23 bits per heavy atom. The van der Waals surface area contributed by atoms with Gasteiger partial charge in [0.25, 0.3) is 0 Å². The third-order valence-corrected chi connectivity index (χ3v) is 5.08. The number of hydrogen-bond acceptors (Lipinski definition) is 5. The maximum absolute atomic E-state index is 12.2. The van der Waals surface area contributed by atoms with Gasteiger partial charge in [-0.1, -0.05) is 43.7 Å². The zero-order valence-corrected chi connectivity index (χ0v) is 15.0. The average molecular weight is 355 g/mol. The molecular weight excluding hydrogens is 330 g/mol. The van der Waals surface area contributed by atoms with Crippen LogP contribution >= 0.6 is 0 Å². The standard InChI is InChI=1S/C20H25N3O3/c1-2-6-16-12-21-19(22-13-16)23-10-9-17(24)20(14-23,18(25)26)11-15-7-4-3-5-8-15/h3-5,7-8,12-13,17,24H,2,6,9-11,14H2,1H3,(H,25,26)/t17-,20-/m1/s1. The number of hydrogen-bond donors (Lipinski definition) is 2. The van der Waals surface area contributed by atoms with Gasteiger partial charge < -0.3 is 15.1 Å². The molecule has 2 N–H and O–H groups in total. The van der Waals surface area contributed by atoms with Gasteiger partial charge in [-0.2, -0.15) is 0 Å². The highest BCUT2D eigenvalue weighted by atomic mass is 16.4. The van der Waals surface area contributed by atoms with Gasteiger partial charge in [0.05, 0.1) is 6.10 Å². The number of carboxylic acid groups (broad SMARTS) is 1. The first-order valence-electron chi connectivity index (χ1n) is 9.06. The maximum Gasteiger partial charge on any atom is 0.314 e. The van der Waals surface area contributed by atoms with E-state index >= 15 is 0 Å². The normalized spacial score (nSPS) is 23.0. The number of aryl methyl sites for hydroxylation is 1. The highest BCUT2D eigenvalue weighted by molar-refractivity contribution is 5.77. The Labute approximate surface area is 153 Å². The first kappa shape index (κ1) is 18.3. The van der Waals surface area contributed by atoms with Crippen molar-refractivity contribution in [2.75, 3.05) is 18.0 Å². The minimum atomic E-state index is -1.27. The van der Waals surface area contributed by atoms with E-state index in [0.717, 1.165) is 24.0 Å². The molecule has 0 saturated carbocycles. The molecule has 0 bridgehead atoms. The topological polar surface area (TPSA) is 86.5 Å². The molecule has 2 atom stereocenters. The molecule has 1 aliphatic rings. The SMILES string of the molecule is CCCc1cnc(N2CC[C@@H](O)[C@](Cc3ccccc3)(C(=O)O)C2)nc1. The summed E-state index contributed by atoms with van der Waals surface area (Å²) in [5.41, 5.74) is 0.697. The third kappa shape index (κ3) is 3.70. The Bertz CT molecular complexity index is 736. The van der Waals surface area contributed by atoms with Crippen LogP contribution in [0.3, 0.4) is 0 Å². The first-order valence-corrected chi connectivity index (χ1v) is 9.06. The number of piperidine rings is 1. The summed E-state index contributed by atoms with van der Waals surface area (Å²) in [7, 11) is 0. The van der Waals surface area contributed by atoms with Crippen LogP contribution in [0.2, 0.25) is 0 Å². The van der Waals surface area contributed by atoms with Crippen molar-refractivity contribution in [3.63, 3.8) is 0 Å². The molecule has 6 heteroatoms. The largest absolute Gasteiger partial charge is 0.481 e. The number of benzene rings is 1. The quantitative estimate of drug-likeness (QED) is 0.827. The van der Waals surface area contributed by atoms with Gasteiger partial charge in [-0.15, -0.1) is 0 Å². The lowest BCUT2D eigenvalue weighted by molar-refractivity contribution is -0.157. The average Bonchev–Trinajstić information content (AvgIpc) is 2.65. The van der Waals surface area contributed by atoms with Crippen LogP contribution in [0.4, 0.5) is 5.95 Å². The molecule has 0 radical (unpaired) electrons. The number of rotatable bonds is 6. The maximum atomic E-state index is 12.2. The van der Waals surface area contributed by atoms with Crippen LogP contribution in [0.15, 0.2) is 42.7 Å². The number of aromatic nitrogens is 2. The molecule has 0 amide bonds. The second kappa shape index (κ2) is 7.83. The van der Waals surface area contributed by atoms with Crippen molar-refractivity contribution in [2.24, 2.45) is 5.41 Å². The lowest BCUT2D eigenvalue weighted by Gasteiger charge is -2.43. The summed E-state index contributed by atoms with van der Waals surface area (Å²) in [5, 5.41) is 20.6. The zero-order valence-electron chi connectivity index (χ0n) is 15.0. The summed E-state index contributed by atoms with van der Waals surface area (Å²) in [6.45, 7) is 2.83. The fourth-order valence-corrected chi connectivity index (χ4v) is 3.60. The van der Waals surface area contributed by atoms with Crippen LogP contribution in [0.1, 0.15) is 30.9 Å². The van der Waals surface area contributed by atoms with Crippen LogP contribution in [0.5, 0.6) is 0 Å². The van der Waals surface area contributed by atoms with Gasteiger partial charge in [-0.25, -0.2) is 9.97 Å². The predicted octanol–water partition coefficient (Wildman–Crippen LogP) is 2.31. The van der Waals surface area contributed by atoms with Crippen molar-refractivity contribution >= 4 is 11.9 Å². The van der Waals surface area contributed by atoms with E-state index < -0.39 is 17.5 Å². The lowest BCUT2D eigenvalue weighted by Crippen LogP contribution is -2.57. The lowest BCUT2D eigenvalue weighted by atomic mass is 9.73. The molecule has 0 aliphatic carbocycles. The van der Waals surface area contributed by atoms with Crippen molar-refractivity contribution in [3.8, 4) is 0 Å². The minimum Gasteiger partial charge on any atom is -0.481 e. The fourth-order valence-electron chi connectivity index (χ4n) is 3.60. The van der Waals surface area contributed by atoms with Gasteiger partial charge in [-0.3, -0.25) is 4.79 Å². The van der Waals surface area contributed by atoms with Gasteiger partial charge in [0.2, 0.25) is 5.95 Å². The van der Waals surface area contributed by atoms with E-state index in [1.807, 2.05) is 35.2 Å². The Morgan fingerprint density at radius 2 is 1.92 bits per heavy atom.